The molecule has 4 aromatic rings. The summed E-state index contributed by atoms with van der Waals surface area (Å²) in [4.78, 5) is 21.1. The Bertz CT molecular complexity index is 1100. The van der Waals surface area contributed by atoms with Crippen molar-refractivity contribution in [3.05, 3.63) is 88.9 Å². The Hall–Kier alpha value is -3.25. The summed E-state index contributed by atoms with van der Waals surface area (Å²) in [5.41, 5.74) is 4.14. The maximum absolute atomic E-state index is 13.1. The number of nitrogens with one attached hydrogen (secondary N) is 2. The van der Waals surface area contributed by atoms with E-state index in [0.29, 0.717) is 12.2 Å². The second kappa shape index (κ2) is 7.78. The molecule has 0 radical (unpaired) electrons. The second-order valence-corrected chi connectivity index (χ2v) is 7.47. The summed E-state index contributed by atoms with van der Waals surface area (Å²) in [6.45, 7) is 2.37. The topological polar surface area (TPSA) is 57.8 Å². The zero-order valence-corrected chi connectivity index (χ0v) is 16.0. The van der Waals surface area contributed by atoms with Crippen molar-refractivity contribution < 1.29 is 9.18 Å². The summed E-state index contributed by atoms with van der Waals surface area (Å²) >= 11 is 1.58. The van der Waals surface area contributed by atoms with Crippen LogP contribution in [0.1, 0.15) is 21.1 Å². The molecule has 0 unspecified atom stereocenters. The fourth-order valence-corrected chi connectivity index (χ4v) is 3.89. The molecular weight excluding hydrogens is 373 g/mol. The first-order chi connectivity index (χ1) is 13.6. The number of benzene rings is 2. The summed E-state index contributed by atoms with van der Waals surface area (Å²) in [6.07, 6.45) is 1.74. The zero-order chi connectivity index (χ0) is 19.5. The highest BCUT2D eigenvalue weighted by molar-refractivity contribution is 7.15. The van der Waals surface area contributed by atoms with Crippen LogP contribution in [0.15, 0.2) is 66.9 Å². The van der Waals surface area contributed by atoms with E-state index >= 15 is 0 Å². The summed E-state index contributed by atoms with van der Waals surface area (Å²) in [6, 6.07) is 17.9. The molecule has 0 saturated heterocycles. The molecule has 0 aliphatic rings. The van der Waals surface area contributed by atoms with Crippen molar-refractivity contribution in [2.75, 3.05) is 0 Å². The quantitative estimate of drug-likeness (QED) is 0.492. The van der Waals surface area contributed by atoms with E-state index in [-0.39, 0.29) is 11.7 Å². The number of aromatic nitrogens is 2. The molecule has 2 aromatic heterocycles. The van der Waals surface area contributed by atoms with Crippen LogP contribution >= 0.6 is 11.3 Å². The average molecular weight is 391 g/mol. The number of amides is 1. The molecule has 0 aliphatic carbocycles. The number of hydrogen-bond donors (Lipinski definition) is 2. The SMILES string of the molecule is Cc1nc(-c2ccccc2)sc1CNC(=O)c1cc(-c2ccc(F)cc2)c[nH]1. The molecule has 6 heteroatoms. The van der Waals surface area contributed by atoms with Crippen LogP contribution in [0.4, 0.5) is 4.39 Å². The number of hydrogen-bond acceptors (Lipinski definition) is 3. The molecule has 0 bridgehead atoms. The van der Waals surface area contributed by atoms with Crippen LogP contribution in [0.5, 0.6) is 0 Å². The maximum atomic E-state index is 13.1. The third kappa shape index (κ3) is 3.87. The number of carbonyl (C=O) groups excluding carboxylic acids is 1. The van der Waals surface area contributed by atoms with Crippen LogP contribution in [-0.4, -0.2) is 15.9 Å². The fourth-order valence-electron chi connectivity index (χ4n) is 2.89. The van der Waals surface area contributed by atoms with Gasteiger partial charge in [-0.05, 0) is 36.2 Å². The molecule has 0 fully saturated rings. The molecule has 2 N–H and O–H groups in total. The van der Waals surface area contributed by atoms with E-state index in [9.17, 15) is 9.18 Å². The minimum atomic E-state index is -0.285. The molecule has 0 aliphatic heterocycles. The van der Waals surface area contributed by atoms with Gasteiger partial charge in [-0.1, -0.05) is 42.5 Å². The van der Waals surface area contributed by atoms with Crippen LogP contribution in [0.3, 0.4) is 0 Å². The van der Waals surface area contributed by atoms with Gasteiger partial charge in [0, 0.05) is 16.6 Å². The third-order valence-electron chi connectivity index (χ3n) is 4.43. The lowest BCUT2D eigenvalue weighted by molar-refractivity contribution is 0.0947. The Morgan fingerprint density at radius 2 is 1.82 bits per heavy atom. The third-order valence-corrected chi connectivity index (χ3v) is 5.63. The summed E-state index contributed by atoms with van der Waals surface area (Å²) in [7, 11) is 0. The minimum absolute atomic E-state index is 0.192. The molecular formula is C22H18FN3OS. The van der Waals surface area contributed by atoms with E-state index in [1.54, 1.807) is 35.7 Å². The van der Waals surface area contributed by atoms with E-state index in [1.165, 1.54) is 12.1 Å². The van der Waals surface area contributed by atoms with Crippen LogP contribution in [0, 0.1) is 12.7 Å². The van der Waals surface area contributed by atoms with Crippen molar-refractivity contribution in [1.82, 2.24) is 15.3 Å². The van der Waals surface area contributed by atoms with Gasteiger partial charge >= 0.3 is 0 Å². The first-order valence-corrected chi connectivity index (χ1v) is 9.66. The number of thiazole rings is 1. The first-order valence-electron chi connectivity index (χ1n) is 8.84. The molecule has 2 heterocycles. The highest BCUT2D eigenvalue weighted by Crippen LogP contribution is 2.27. The predicted molar refractivity (Wildman–Crippen MR) is 110 cm³/mol. The molecule has 0 atom stereocenters. The van der Waals surface area contributed by atoms with Crippen LogP contribution in [0.25, 0.3) is 21.7 Å². The molecule has 28 heavy (non-hydrogen) atoms. The van der Waals surface area contributed by atoms with E-state index in [1.807, 2.05) is 37.3 Å². The average Bonchev–Trinajstić information content (AvgIpc) is 3.35. The lowest BCUT2D eigenvalue weighted by Gasteiger charge is -2.02. The van der Waals surface area contributed by atoms with Gasteiger partial charge in [-0.25, -0.2) is 9.37 Å². The van der Waals surface area contributed by atoms with Crippen molar-refractivity contribution in [1.29, 1.82) is 0 Å². The highest BCUT2D eigenvalue weighted by atomic mass is 32.1. The Kier molecular flexibility index (Phi) is 5.04. The largest absolute Gasteiger partial charge is 0.357 e. The number of nitrogens with zero attached hydrogens (tertiary/aromatic N) is 1. The molecule has 1 amide bonds. The smallest absolute Gasteiger partial charge is 0.268 e. The van der Waals surface area contributed by atoms with E-state index in [0.717, 1.165) is 32.3 Å². The summed E-state index contributed by atoms with van der Waals surface area (Å²) in [5.74, 6) is -0.477. The van der Waals surface area contributed by atoms with Gasteiger partial charge in [-0.3, -0.25) is 4.79 Å². The lowest BCUT2D eigenvalue weighted by atomic mass is 10.1. The fraction of sp³-hybridized carbons (Fsp3) is 0.0909. The van der Waals surface area contributed by atoms with Crippen LogP contribution in [0.2, 0.25) is 0 Å². The minimum Gasteiger partial charge on any atom is -0.357 e. The molecule has 0 saturated carbocycles. The number of aryl methyl sites for hydroxylation is 1. The van der Waals surface area contributed by atoms with Crippen molar-refractivity contribution in [2.45, 2.75) is 13.5 Å². The Morgan fingerprint density at radius 1 is 1.07 bits per heavy atom. The van der Waals surface area contributed by atoms with Gasteiger partial charge < -0.3 is 10.3 Å². The monoisotopic (exact) mass is 391 g/mol. The normalized spacial score (nSPS) is 10.8. The highest BCUT2D eigenvalue weighted by Gasteiger charge is 2.13. The van der Waals surface area contributed by atoms with Gasteiger partial charge in [-0.15, -0.1) is 11.3 Å². The number of H-pyrrole nitrogens is 1. The molecule has 4 rings (SSSR count). The van der Waals surface area contributed by atoms with E-state index in [2.05, 4.69) is 15.3 Å². The van der Waals surface area contributed by atoms with E-state index in [4.69, 9.17) is 0 Å². The van der Waals surface area contributed by atoms with Gasteiger partial charge in [0.1, 0.15) is 16.5 Å². The standard InChI is InChI=1S/C22H18FN3OS/c1-14-20(28-22(26-14)16-5-3-2-4-6-16)13-25-21(27)19-11-17(12-24-19)15-7-9-18(23)10-8-15/h2-12,24H,13H2,1H3,(H,25,27). The Balaban J connectivity index is 1.44. The van der Waals surface area contributed by atoms with Crippen molar-refractivity contribution >= 4 is 17.2 Å². The van der Waals surface area contributed by atoms with Gasteiger partial charge in [0.05, 0.1) is 12.2 Å². The maximum Gasteiger partial charge on any atom is 0.268 e. The number of rotatable bonds is 5. The summed E-state index contributed by atoms with van der Waals surface area (Å²) < 4.78 is 13.1. The van der Waals surface area contributed by atoms with Gasteiger partial charge in [0.25, 0.3) is 5.91 Å². The molecule has 4 nitrogen and oxygen atoms in total. The Labute approximate surface area is 166 Å². The van der Waals surface area contributed by atoms with E-state index < -0.39 is 0 Å². The molecule has 2 aromatic carbocycles. The summed E-state index contributed by atoms with van der Waals surface area (Å²) in [5, 5.41) is 3.88. The second-order valence-electron chi connectivity index (χ2n) is 6.39. The molecule has 0 spiro atoms. The lowest BCUT2D eigenvalue weighted by Crippen LogP contribution is -2.22. The predicted octanol–water partition coefficient (Wildman–Crippen LogP) is 5.18. The number of carbonyl (C=O) groups is 1. The van der Waals surface area contributed by atoms with Gasteiger partial charge in [-0.2, -0.15) is 0 Å². The molecule has 140 valence electrons. The van der Waals surface area contributed by atoms with Crippen LogP contribution < -0.4 is 5.32 Å². The van der Waals surface area contributed by atoms with Crippen molar-refractivity contribution in [3.63, 3.8) is 0 Å². The van der Waals surface area contributed by atoms with Crippen molar-refractivity contribution in [2.24, 2.45) is 0 Å². The zero-order valence-electron chi connectivity index (χ0n) is 15.2. The van der Waals surface area contributed by atoms with Crippen LogP contribution in [-0.2, 0) is 6.54 Å². The Morgan fingerprint density at radius 3 is 2.57 bits per heavy atom. The van der Waals surface area contributed by atoms with Gasteiger partial charge in [0.15, 0.2) is 0 Å². The number of halogens is 1. The van der Waals surface area contributed by atoms with Crippen molar-refractivity contribution in [3.8, 4) is 21.7 Å². The van der Waals surface area contributed by atoms with Gasteiger partial charge in [0.2, 0.25) is 0 Å². The first kappa shape index (κ1) is 18.1. The number of aromatic amines is 1.